The Morgan fingerprint density at radius 2 is 2.00 bits per heavy atom. The van der Waals surface area contributed by atoms with E-state index in [1.165, 1.54) is 0 Å². The van der Waals surface area contributed by atoms with Crippen molar-refractivity contribution in [1.82, 2.24) is 4.98 Å². The summed E-state index contributed by atoms with van der Waals surface area (Å²) in [4.78, 5) is 29.4. The minimum Gasteiger partial charge on any atom is -0.612 e. The van der Waals surface area contributed by atoms with Crippen molar-refractivity contribution in [2.75, 3.05) is 11.6 Å². The average molecular weight is 382 g/mol. The SMILES string of the molecule is Cc1c(/C=C2\C(=O)Nc3ccc([S+](C)[O-])cc32)[nH]c2c1C(=O)C(C)(C)CC2. The highest BCUT2D eigenvalue weighted by atomic mass is 32.2. The number of aromatic nitrogens is 1. The highest BCUT2D eigenvalue weighted by Gasteiger charge is 2.37. The van der Waals surface area contributed by atoms with E-state index in [1.807, 2.05) is 20.8 Å². The van der Waals surface area contributed by atoms with Gasteiger partial charge >= 0.3 is 0 Å². The van der Waals surface area contributed by atoms with Gasteiger partial charge in [0.15, 0.2) is 10.7 Å². The molecule has 6 heteroatoms. The number of benzene rings is 1. The molecule has 4 rings (SSSR count). The van der Waals surface area contributed by atoms with Gasteiger partial charge in [0.2, 0.25) is 0 Å². The number of aromatic amines is 1. The maximum Gasteiger partial charge on any atom is 0.256 e. The van der Waals surface area contributed by atoms with E-state index in [0.717, 1.165) is 40.9 Å². The molecule has 0 spiro atoms. The third-order valence-electron chi connectivity index (χ3n) is 5.60. The topological polar surface area (TPSA) is 85.0 Å². The zero-order valence-corrected chi connectivity index (χ0v) is 16.7. The maximum absolute atomic E-state index is 12.8. The largest absolute Gasteiger partial charge is 0.612 e. The van der Waals surface area contributed by atoms with Gasteiger partial charge in [-0.25, -0.2) is 0 Å². The molecule has 1 atom stereocenters. The lowest BCUT2D eigenvalue weighted by molar-refractivity contribution is -0.110. The van der Waals surface area contributed by atoms with E-state index in [2.05, 4.69) is 10.3 Å². The number of nitrogens with one attached hydrogen (secondary N) is 2. The Labute approximate surface area is 161 Å². The third kappa shape index (κ3) is 2.84. The Balaban J connectivity index is 1.82. The molecule has 27 heavy (non-hydrogen) atoms. The van der Waals surface area contributed by atoms with E-state index in [0.29, 0.717) is 16.2 Å². The number of ketones is 1. The molecule has 0 fully saturated rings. The van der Waals surface area contributed by atoms with Crippen LogP contribution in [0, 0.1) is 12.3 Å². The molecule has 1 aliphatic carbocycles. The van der Waals surface area contributed by atoms with Crippen molar-refractivity contribution in [1.29, 1.82) is 0 Å². The van der Waals surface area contributed by atoms with Gasteiger partial charge in [-0.3, -0.25) is 9.59 Å². The fourth-order valence-corrected chi connectivity index (χ4v) is 4.39. The predicted octanol–water partition coefficient (Wildman–Crippen LogP) is 3.71. The lowest BCUT2D eigenvalue weighted by Gasteiger charge is -2.28. The Morgan fingerprint density at radius 3 is 2.70 bits per heavy atom. The Hall–Kier alpha value is -2.31. The van der Waals surface area contributed by atoms with Crippen LogP contribution in [0.15, 0.2) is 23.1 Å². The summed E-state index contributed by atoms with van der Waals surface area (Å²) >= 11 is -1.12. The number of carbonyl (C=O) groups is 2. The molecule has 1 aromatic carbocycles. The van der Waals surface area contributed by atoms with Crippen LogP contribution >= 0.6 is 0 Å². The molecule has 0 saturated heterocycles. The van der Waals surface area contributed by atoms with Crippen LogP contribution in [0.1, 0.15) is 53.1 Å². The summed E-state index contributed by atoms with van der Waals surface area (Å²) in [5, 5.41) is 2.85. The number of Topliss-reactive ketones (excluding diaryl/α,β-unsaturated/α-hetero) is 1. The van der Waals surface area contributed by atoms with E-state index in [-0.39, 0.29) is 17.1 Å². The number of amides is 1. The van der Waals surface area contributed by atoms with Gasteiger partial charge in [-0.05, 0) is 54.7 Å². The van der Waals surface area contributed by atoms with E-state index in [9.17, 15) is 14.1 Å². The number of aryl methyl sites for hydroxylation is 1. The van der Waals surface area contributed by atoms with Crippen molar-refractivity contribution >= 4 is 40.2 Å². The molecular formula is C21H22N2O3S. The molecule has 0 radical (unpaired) electrons. The molecule has 2 heterocycles. The first-order valence-corrected chi connectivity index (χ1v) is 10.5. The van der Waals surface area contributed by atoms with Gasteiger partial charge in [-0.15, -0.1) is 0 Å². The summed E-state index contributed by atoms with van der Waals surface area (Å²) in [5.74, 6) is -0.0373. The van der Waals surface area contributed by atoms with Crippen molar-refractivity contribution < 1.29 is 14.1 Å². The highest BCUT2D eigenvalue weighted by molar-refractivity contribution is 7.90. The number of rotatable bonds is 2. The summed E-state index contributed by atoms with van der Waals surface area (Å²) < 4.78 is 11.8. The smallest absolute Gasteiger partial charge is 0.256 e. The predicted molar refractivity (Wildman–Crippen MR) is 107 cm³/mol. The van der Waals surface area contributed by atoms with E-state index in [1.54, 1.807) is 30.5 Å². The van der Waals surface area contributed by atoms with Crippen LogP contribution < -0.4 is 5.32 Å². The minimum atomic E-state index is -1.12. The lowest BCUT2D eigenvalue weighted by atomic mass is 9.74. The maximum atomic E-state index is 12.8. The van der Waals surface area contributed by atoms with Crippen molar-refractivity contribution in [3.63, 3.8) is 0 Å². The Kier molecular flexibility index (Phi) is 4.09. The van der Waals surface area contributed by atoms with E-state index < -0.39 is 11.2 Å². The van der Waals surface area contributed by atoms with Crippen molar-refractivity contribution in [2.45, 2.75) is 38.5 Å². The zero-order chi connectivity index (χ0) is 19.5. The van der Waals surface area contributed by atoms with Crippen LogP contribution in [0.5, 0.6) is 0 Å². The van der Waals surface area contributed by atoms with Crippen LogP contribution in [0.4, 0.5) is 5.69 Å². The summed E-state index contributed by atoms with van der Waals surface area (Å²) in [6, 6.07) is 5.34. The average Bonchev–Trinajstić information content (AvgIpc) is 3.09. The van der Waals surface area contributed by atoms with Gasteiger partial charge in [0.25, 0.3) is 5.91 Å². The monoisotopic (exact) mass is 382 g/mol. The van der Waals surface area contributed by atoms with Crippen molar-refractivity contribution in [2.24, 2.45) is 5.41 Å². The number of anilines is 1. The molecule has 0 bridgehead atoms. The van der Waals surface area contributed by atoms with Gasteiger partial charge < -0.3 is 14.9 Å². The fourth-order valence-electron chi connectivity index (χ4n) is 3.84. The summed E-state index contributed by atoms with van der Waals surface area (Å²) in [7, 11) is 0. The second kappa shape index (κ2) is 6.11. The number of H-pyrrole nitrogens is 1. The second-order valence-electron chi connectivity index (χ2n) is 7.90. The molecule has 1 aromatic heterocycles. The first-order chi connectivity index (χ1) is 12.7. The molecule has 2 N–H and O–H groups in total. The van der Waals surface area contributed by atoms with Gasteiger partial charge in [-0.2, -0.15) is 0 Å². The standard InChI is InChI=1S/C21H22N2O3S/c1-11-17(22-16-7-8-21(2,3)19(24)18(11)16)10-14-13-9-12(27(4)26)5-6-15(13)23-20(14)25/h5-6,9-10,22H,7-8H2,1-4H3,(H,23,25)/b14-10-. The molecule has 2 aliphatic rings. The lowest BCUT2D eigenvalue weighted by Crippen LogP contribution is -2.30. The normalized spacial score (nSPS) is 20.4. The molecule has 0 saturated carbocycles. The first-order valence-electron chi connectivity index (χ1n) is 8.96. The van der Waals surface area contributed by atoms with Crippen LogP contribution in [0.3, 0.4) is 0 Å². The number of hydrogen-bond acceptors (Lipinski definition) is 3. The first kappa shape index (κ1) is 18.1. The zero-order valence-electron chi connectivity index (χ0n) is 15.9. The van der Waals surface area contributed by atoms with Gasteiger partial charge in [0.05, 0.1) is 5.57 Å². The summed E-state index contributed by atoms with van der Waals surface area (Å²) in [5.41, 5.74) is 5.00. The van der Waals surface area contributed by atoms with Crippen LogP contribution in [0.2, 0.25) is 0 Å². The van der Waals surface area contributed by atoms with E-state index in [4.69, 9.17) is 0 Å². The van der Waals surface area contributed by atoms with Crippen LogP contribution in [-0.4, -0.2) is 27.5 Å². The van der Waals surface area contributed by atoms with E-state index >= 15 is 0 Å². The molecule has 1 aliphatic heterocycles. The molecule has 1 amide bonds. The van der Waals surface area contributed by atoms with Gasteiger partial charge in [-0.1, -0.05) is 13.8 Å². The van der Waals surface area contributed by atoms with Crippen molar-refractivity contribution in [3.8, 4) is 0 Å². The minimum absolute atomic E-state index is 0.155. The van der Waals surface area contributed by atoms with Gasteiger partial charge in [0.1, 0.15) is 6.26 Å². The second-order valence-corrected chi connectivity index (χ2v) is 9.28. The quantitative estimate of drug-likeness (QED) is 0.613. The molecule has 140 valence electrons. The van der Waals surface area contributed by atoms with Crippen LogP contribution in [0.25, 0.3) is 11.6 Å². The number of carbonyl (C=O) groups excluding carboxylic acids is 2. The summed E-state index contributed by atoms with van der Waals surface area (Å²) in [6.45, 7) is 5.89. The van der Waals surface area contributed by atoms with Gasteiger partial charge in [0, 0.05) is 39.7 Å². The molecule has 2 aromatic rings. The summed E-state index contributed by atoms with van der Waals surface area (Å²) in [6.07, 6.45) is 5.05. The third-order valence-corrected chi connectivity index (χ3v) is 6.52. The molecule has 1 unspecified atom stereocenters. The Bertz CT molecular complexity index is 1010. The number of hydrogen-bond donors (Lipinski definition) is 2. The van der Waals surface area contributed by atoms with Crippen molar-refractivity contribution in [3.05, 3.63) is 46.3 Å². The van der Waals surface area contributed by atoms with Crippen LogP contribution in [-0.2, 0) is 22.4 Å². The molecule has 5 nitrogen and oxygen atoms in total. The molecular weight excluding hydrogens is 360 g/mol. The Morgan fingerprint density at radius 1 is 1.26 bits per heavy atom. The fraction of sp³-hybridized carbons (Fsp3) is 0.333. The number of fused-ring (bicyclic) bond motifs is 2. The highest BCUT2D eigenvalue weighted by Crippen LogP contribution is 2.39.